The quantitative estimate of drug-likeness (QED) is 0.429. The van der Waals surface area contributed by atoms with E-state index in [1.807, 2.05) is 0 Å². The third-order valence-corrected chi connectivity index (χ3v) is 7.11. The lowest BCUT2D eigenvalue weighted by atomic mass is 9.75. The maximum absolute atomic E-state index is 14.8. The number of aliphatic hydroxyl groups is 1. The second-order valence-corrected chi connectivity index (χ2v) is 10.7. The van der Waals surface area contributed by atoms with Crippen molar-refractivity contribution < 1.29 is 45.0 Å². The van der Waals surface area contributed by atoms with Crippen LogP contribution in [0.4, 0.5) is 27.6 Å². The van der Waals surface area contributed by atoms with E-state index < -0.39 is 73.3 Å². The fraction of sp³-hybridized carbons (Fsp3) is 0.304. The molecular formula is C23H19F5N4O5S. The second-order valence-electron chi connectivity index (χ2n) is 8.70. The van der Waals surface area contributed by atoms with Gasteiger partial charge in [-0.25, -0.2) is 17.8 Å². The Balaban J connectivity index is 1.76. The van der Waals surface area contributed by atoms with Gasteiger partial charge in [0, 0.05) is 23.7 Å². The fourth-order valence-corrected chi connectivity index (χ4v) is 4.49. The number of carbonyl (C=O) groups excluding carboxylic acids is 1. The summed E-state index contributed by atoms with van der Waals surface area (Å²) < 4.78 is 98.7. The molecule has 1 amide bonds. The van der Waals surface area contributed by atoms with Gasteiger partial charge in [0.1, 0.15) is 5.56 Å². The van der Waals surface area contributed by atoms with Crippen LogP contribution in [0, 0.1) is 18.6 Å². The van der Waals surface area contributed by atoms with Crippen molar-refractivity contribution in [2.45, 2.75) is 42.9 Å². The second kappa shape index (κ2) is 9.54. The molecule has 0 aliphatic heterocycles. The summed E-state index contributed by atoms with van der Waals surface area (Å²) in [6.07, 6.45) is -2.34. The number of anilines is 1. The van der Waals surface area contributed by atoms with Gasteiger partial charge in [-0.2, -0.15) is 17.6 Å². The Labute approximate surface area is 212 Å². The van der Waals surface area contributed by atoms with Gasteiger partial charge >= 0.3 is 6.18 Å². The number of hydrogen-bond acceptors (Lipinski definition) is 8. The molecule has 2 heterocycles. The van der Waals surface area contributed by atoms with Gasteiger partial charge in [-0.3, -0.25) is 4.79 Å². The molecule has 1 fully saturated rings. The SMILES string of the molecule is Cc1c(C(F)(F)F)nnc(Oc2ncc(C3(O)CCC3)c(F)c2F)c1C(=O)Nc1cccc(S(C)(=O)=O)c1. The van der Waals surface area contributed by atoms with Crippen molar-refractivity contribution in [1.82, 2.24) is 15.2 Å². The van der Waals surface area contributed by atoms with Gasteiger partial charge in [-0.1, -0.05) is 6.07 Å². The van der Waals surface area contributed by atoms with Crippen LogP contribution in [0.25, 0.3) is 0 Å². The van der Waals surface area contributed by atoms with Crippen LogP contribution in [0.2, 0.25) is 0 Å². The molecule has 9 nitrogen and oxygen atoms in total. The highest BCUT2D eigenvalue weighted by Gasteiger charge is 2.41. The molecule has 4 rings (SSSR count). The van der Waals surface area contributed by atoms with Crippen molar-refractivity contribution >= 4 is 21.4 Å². The normalized spacial score (nSPS) is 15.1. The molecule has 0 saturated heterocycles. The molecule has 0 atom stereocenters. The van der Waals surface area contributed by atoms with Crippen molar-refractivity contribution in [1.29, 1.82) is 0 Å². The topological polar surface area (TPSA) is 131 Å². The number of sulfone groups is 1. The summed E-state index contributed by atoms with van der Waals surface area (Å²) in [4.78, 5) is 16.5. The predicted octanol–water partition coefficient (Wildman–Crippen LogP) is 4.30. The predicted molar refractivity (Wildman–Crippen MR) is 121 cm³/mol. The van der Waals surface area contributed by atoms with Gasteiger partial charge in [0.25, 0.3) is 17.7 Å². The molecule has 3 aromatic rings. The minimum absolute atomic E-state index is 0.0953. The number of alkyl halides is 3. The van der Waals surface area contributed by atoms with E-state index in [1.54, 1.807) is 0 Å². The molecule has 1 aromatic carbocycles. The van der Waals surface area contributed by atoms with E-state index in [0.717, 1.165) is 25.4 Å². The van der Waals surface area contributed by atoms with Crippen LogP contribution < -0.4 is 10.1 Å². The molecule has 1 aliphatic rings. The number of benzene rings is 1. The van der Waals surface area contributed by atoms with E-state index in [2.05, 4.69) is 20.5 Å². The number of amides is 1. The van der Waals surface area contributed by atoms with Gasteiger partial charge in [0.2, 0.25) is 5.82 Å². The Morgan fingerprint density at radius 3 is 2.39 bits per heavy atom. The molecule has 0 bridgehead atoms. The Hall–Kier alpha value is -3.72. The summed E-state index contributed by atoms with van der Waals surface area (Å²) in [6, 6.07) is 4.89. The highest BCUT2D eigenvalue weighted by Crippen LogP contribution is 2.43. The number of nitrogens with one attached hydrogen (secondary N) is 1. The van der Waals surface area contributed by atoms with E-state index in [0.29, 0.717) is 6.42 Å². The number of aromatic nitrogens is 3. The summed E-state index contributed by atoms with van der Waals surface area (Å²) in [5, 5.41) is 18.9. The third kappa shape index (κ3) is 5.15. The average Bonchev–Trinajstić information content (AvgIpc) is 2.79. The molecular weight excluding hydrogens is 539 g/mol. The van der Waals surface area contributed by atoms with Crippen molar-refractivity contribution in [3.8, 4) is 11.8 Å². The molecule has 2 aromatic heterocycles. The van der Waals surface area contributed by atoms with Crippen molar-refractivity contribution in [3.05, 3.63) is 64.5 Å². The summed E-state index contributed by atoms with van der Waals surface area (Å²) in [5.74, 6) is -6.35. The first-order chi connectivity index (χ1) is 17.6. The van der Waals surface area contributed by atoms with Crippen LogP contribution in [0.5, 0.6) is 11.8 Å². The maximum atomic E-state index is 14.8. The van der Waals surface area contributed by atoms with Crippen molar-refractivity contribution in [2.24, 2.45) is 0 Å². The van der Waals surface area contributed by atoms with Gasteiger partial charge in [-0.05, 0) is 49.9 Å². The number of hydrogen-bond donors (Lipinski definition) is 2. The minimum Gasteiger partial charge on any atom is -0.415 e. The molecule has 1 saturated carbocycles. The van der Waals surface area contributed by atoms with Crippen LogP contribution in [-0.2, 0) is 21.6 Å². The number of halogens is 5. The monoisotopic (exact) mass is 558 g/mol. The fourth-order valence-electron chi connectivity index (χ4n) is 3.82. The number of pyridine rings is 1. The molecule has 15 heteroatoms. The third-order valence-electron chi connectivity index (χ3n) is 6.00. The van der Waals surface area contributed by atoms with E-state index >= 15 is 0 Å². The standard InChI is InChI=1S/C23H19F5N4O5S/c1-11-15(19(33)30-12-5-3-6-13(9-12)38(2,35)36)20(32-31-18(11)23(26,27)28)37-21-17(25)16(24)14(10-29-21)22(34)7-4-8-22/h3,5-6,9-10,34H,4,7-8H2,1-2H3,(H,30,33). The zero-order valence-electron chi connectivity index (χ0n) is 19.7. The number of ether oxygens (including phenoxy) is 1. The molecule has 2 N–H and O–H groups in total. The molecule has 0 spiro atoms. The lowest BCUT2D eigenvalue weighted by Crippen LogP contribution is -2.35. The maximum Gasteiger partial charge on any atom is 0.435 e. The Morgan fingerprint density at radius 2 is 1.82 bits per heavy atom. The average molecular weight is 558 g/mol. The highest BCUT2D eigenvalue weighted by atomic mass is 32.2. The number of rotatable bonds is 6. The van der Waals surface area contributed by atoms with Gasteiger partial charge < -0.3 is 15.2 Å². The summed E-state index contributed by atoms with van der Waals surface area (Å²) in [7, 11) is -3.68. The first-order valence-electron chi connectivity index (χ1n) is 10.9. The van der Waals surface area contributed by atoms with Crippen LogP contribution in [0.1, 0.15) is 46.4 Å². The van der Waals surface area contributed by atoms with Gasteiger partial charge in [0.15, 0.2) is 21.3 Å². The lowest BCUT2D eigenvalue weighted by molar-refractivity contribution is -0.142. The van der Waals surface area contributed by atoms with Crippen molar-refractivity contribution in [3.63, 3.8) is 0 Å². The molecule has 38 heavy (non-hydrogen) atoms. The zero-order chi connectivity index (χ0) is 28.0. The van der Waals surface area contributed by atoms with Crippen LogP contribution in [-0.4, -0.2) is 40.9 Å². The smallest absolute Gasteiger partial charge is 0.415 e. The van der Waals surface area contributed by atoms with Crippen LogP contribution in [0.15, 0.2) is 35.4 Å². The first kappa shape index (κ1) is 27.3. The van der Waals surface area contributed by atoms with E-state index in [1.165, 1.54) is 18.2 Å². The first-order valence-corrected chi connectivity index (χ1v) is 12.8. The van der Waals surface area contributed by atoms with E-state index in [9.17, 15) is 40.3 Å². The van der Waals surface area contributed by atoms with Gasteiger partial charge in [-0.15, -0.1) is 10.2 Å². The molecule has 202 valence electrons. The van der Waals surface area contributed by atoms with Crippen LogP contribution in [0.3, 0.4) is 0 Å². The molecule has 0 radical (unpaired) electrons. The summed E-state index contributed by atoms with van der Waals surface area (Å²) in [6.45, 7) is 0.895. The van der Waals surface area contributed by atoms with Crippen LogP contribution >= 0.6 is 0 Å². The highest BCUT2D eigenvalue weighted by molar-refractivity contribution is 7.90. The Morgan fingerprint density at radius 1 is 1.13 bits per heavy atom. The molecule has 1 aliphatic carbocycles. The summed E-state index contributed by atoms with van der Waals surface area (Å²) in [5.41, 5.74) is -5.23. The van der Waals surface area contributed by atoms with Gasteiger partial charge in [0.05, 0.1) is 10.5 Å². The Kier molecular flexibility index (Phi) is 6.86. The minimum atomic E-state index is -5.03. The lowest BCUT2D eigenvalue weighted by Gasteiger charge is -2.36. The van der Waals surface area contributed by atoms with Crippen molar-refractivity contribution in [2.75, 3.05) is 11.6 Å². The van der Waals surface area contributed by atoms with E-state index in [4.69, 9.17) is 4.74 Å². The van der Waals surface area contributed by atoms with E-state index in [-0.39, 0.29) is 23.4 Å². The molecule has 0 unspecified atom stereocenters. The largest absolute Gasteiger partial charge is 0.435 e. The summed E-state index contributed by atoms with van der Waals surface area (Å²) >= 11 is 0. The number of nitrogens with zero attached hydrogens (tertiary/aromatic N) is 3. The Bertz CT molecular complexity index is 1540. The number of carbonyl (C=O) groups is 1. The zero-order valence-corrected chi connectivity index (χ0v) is 20.5.